The number of hydrogen-bond acceptors (Lipinski definition) is 3. The molecule has 3 nitrogen and oxygen atoms in total. The van der Waals surface area contributed by atoms with Crippen molar-refractivity contribution in [1.29, 1.82) is 0 Å². The molecule has 0 saturated carbocycles. The number of halogens is 2. The van der Waals surface area contributed by atoms with Crippen LogP contribution in [-0.4, -0.2) is 18.0 Å². The number of aliphatic imine (C=N–C) groups is 1. The first-order valence-corrected chi connectivity index (χ1v) is 7.90. The van der Waals surface area contributed by atoms with Crippen LogP contribution in [0.1, 0.15) is 31.9 Å². The summed E-state index contributed by atoms with van der Waals surface area (Å²) in [6.45, 7) is 6.61. The predicted octanol–water partition coefficient (Wildman–Crippen LogP) is 4.88. The standard InChI is InChI=1S/C18H18ClFN2O/c1-4-21-12-6-7-13-16(10-12)23-18(2,3)22-17(13)11-5-8-14(19)15(20)9-11/h5-10,21H,4H2,1-3H3. The average molecular weight is 333 g/mol. The molecule has 0 saturated heterocycles. The van der Waals surface area contributed by atoms with Gasteiger partial charge in [-0.1, -0.05) is 17.7 Å². The smallest absolute Gasteiger partial charge is 0.195 e. The molecule has 2 aromatic rings. The Morgan fingerprint density at radius 3 is 2.70 bits per heavy atom. The van der Waals surface area contributed by atoms with Crippen molar-refractivity contribution in [2.45, 2.75) is 26.5 Å². The van der Waals surface area contributed by atoms with Gasteiger partial charge in [0, 0.05) is 29.4 Å². The summed E-state index contributed by atoms with van der Waals surface area (Å²) in [5.74, 6) is 0.274. The van der Waals surface area contributed by atoms with Gasteiger partial charge in [0.15, 0.2) is 5.72 Å². The maximum absolute atomic E-state index is 13.8. The summed E-state index contributed by atoms with van der Waals surface area (Å²) in [4.78, 5) is 4.64. The highest BCUT2D eigenvalue weighted by molar-refractivity contribution is 6.31. The Balaban J connectivity index is 2.12. The minimum Gasteiger partial charge on any atom is -0.466 e. The van der Waals surface area contributed by atoms with Crippen molar-refractivity contribution in [1.82, 2.24) is 0 Å². The highest BCUT2D eigenvalue weighted by Crippen LogP contribution is 2.35. The third kappa shape index (κ3) is 3.17. The Kier molecular flexibility index (Phi) is 4.02. The summed E-state index contributed by atoms with van der Waals surface area (Å²) in [7, 11) is 0. The molecule has 120 valence electrons. The number of benzene rings is 2. The van der Waals surface area contributed by atoms with Crippen molar-refractivity contribution in [2.24, 2.45) is 4.99 Å². The van der Waals surface area contributed by atoms with Crippen molar-refractivity contribution >= 4 is 23.0 Å². The molecule has 0 aromatic heterocycles. The topological polar surface area (TPSA) is 33.6 Å². The van der Waals surface area contributed by atoms with Crippen molar-refractivity contribution in [2.75, 3.05) is 11.9 Å². The third-order valence-corrected chi connectivity index (χ3v) is 3.86. The minimum absolute atomic E-state index is 0.100. The summed E-state index contributed by atoms with van der Waals surface area (Å²) in [6.07, 6.45) is 0. The van der Waals surface area contributed by atoms with Crippen molar-refractivity contribution in [3.8, 4) is 5.75 Å². The van der Waals surface area contributed by atoms with Crippen molar-refractivity contribution in [3.05, 3.63) is 58.4 Å². The Morgan fingerprint density at radius 2 is 2.00 bits per heavy atom. The Hall–Kier alpha value is -2.07. The summed E-state index contributed by atoms with van der Waals surface area (Å²) < 4.78 is 19.8. The molecule has 0 atom stereocenters. The van der Waals surface area contributed by atoms with Gasteiger partial charge in [-0.3, -0.25) is 0 Å². The molecule has 1 N–H and O–H groups in total. The molecule has 0 fully saturated rings. The Morgan fingerprint density at radius 1 is 1.22 bits per heavy atom. The lowest BCUT2D eigenvalue weighted by Gasteiger charge is -2.30. The van der Waals surface area contributed by atoms with E-state index in [4.69, 9.17) is 16.3 Å². The van der Waals surface area contributed by atoms with Crippen LogP contribution in [0, 0.1) is 5.82 Å². The first-order valence-electron chi connectivity index (χ1n) is 7.52. The van der Waals surface area contributed by atoms with E-state index in [0.717, 1.165) is 23.5 Å². The van der Waals surface area contributed by atoms with Gasteiger partial charge in [-0.2, -0.15) is 0 Å². The predicted molar refractivity (Wildman–Crippen MR) is 92.4 cm³/mol. The van der Waals surface area contributed by atoms with Crippen LogP contribution in [-0.2, 0) is 0 Å². The lowest BCUT2D eigenvalue weighted by Crippen LogP contribution is -2.32. The van der Waals surface area contributed by atoms with Crippen LogP contribution in [0.3, 0.4) is 0 Å². The second-order valence-electron chi connectivity index (χ2n) is 5.88. The normalized spacial score (nSPS) is 15.4. The van der Waals surface area contributed by atoms with Gasteiger partial charge in [0.05, 0.1) is 10.7 Å². The molecular formula is C18H18ClFN2O. The molecule has 0 unspecified atom stereocenters. The lowest BCUT2D eigenvalue weighted by molar-refractivity contribution is 0.115. The van der Waals surface area contributed by atoms with Crippen LogP contribution >= 0.6 is 11.6 Å². The number of rotatable bonds is 3. The zero-order valence-corrected chi connectivity index (χ0v) is 14.0. The molecule has 0 bridgehead atoms. The Labute approximate surface area is 140 Å². The van der Waals surface area contributed by atoms with E-state index in [-0.39, 0.29) is 5.02 Å². The largest absolute Gasteiger partial charge is 0.466 e. The van der Waals surface area contributed by atoms with E-state index >= 15 is 0 Å². The van der Waals surface area contributed by atoms with E-state index < -0.39 is 11.5 Å². The zero-order chi connectivity index (χ0) is 16.6. The number of anilines is 1. The summed E-state index contributed by atoms with van der Waals surface area (Å²) >= 11 is 5.78. The summed E-state index contributed by atoms with van der Waals surface area (Å²) in [6, 6.07) is 10.6. The second kappa shape index (κ2) is 5.85. The van der Waals surface area contributed by atoms with Crippen LogP contribution < -0.4 is 10.1 Å². The number of nitrogens with zero attached hydrogens (tertiary/aromatic N) is 1. The fourth-order valence-corrected chi connectivity index (χ4v) is 2.72. The molecule has 1 aliphatic heterocycles. The van der Waals surface area contributed by atoms with E-state index in [2.05, 4.69) is 10.3 Å². The first kappa shape index (κ1) is 15.8. The monoisotopic (exact) mass is 332 g/mol. The van der Waals surface area contributed by atoms with Crippen LogP contribution in [0.4, 0.5) is 10.1 Å². The number of hydrogen-bond donors (Lipinski definition) is 1. The fourth-order valence-electron chi connectivity index (χ4n) is 2.60. The van der Waals surface area contributed by atoms with E-state index in [0.29, 0.717) is 11.3 Å². The molecule has 1 heterocycles. The van der Waals surface area contributed by atoms with Crippen LogP contribution in [0.25, 0.3) is 0 Å². The van der Waals surface area contributed by atoms with Crippen molar-refractivity contribution < 1.29 is 9.13 Å². The quantitative estimate of drug-likeness (QED) is 0.869. The van der Waals surface area contributed by atoms with Gasteiger partial charge in [-0.25, -0.2) is 9.38 Å². The van der Waals surface area contributed by atoms with Crippen LogP contribution in [0.5, 0.6) is 5.75 Å². The first-order chi connectivity index (χ1) is 10.9. The molecule has 0 amide bonds. The van der Waals surface area contributed by atoms with Gasteiger partial charge >= 0.3 is 0 Å². The van der Waals surface area contributed by atoms with E-state index in [1.165, 1.54) is 6.07 Å². The molecule has 2 aromatic carbocycles. The lowest BCUT2D eigenvalue weighted by atomic mass is 9.98. The SMILES string of the molecule is CCNc1ccc2c(c1)OC(C)(C)N=C2c1ccc(Cl)c(F)c1. The summed E-state index contributed by atoms with van der Waals surface area (Å²) in [5.41, 5.74) is 2.48. The van der Waals surface area contributed by atoms with Crippen LogP contribution in [0.2, 0.25) is 5.02 Å². The van der Waals surface area contributed by atoms with Gasteiger partial charge < -0.3 is 10.1 Å². The average Bonchev–Trinajstić information content (AvgIpc) is 2.48. The van der Waals surface area contributed by atoms with Gasteiger partial charge in [0.25, 0.3) is 0 Å². The van der Waals surface area contributed by atoms with E-state index in [9.17, 15) is 4.39 Å². The van der Waals surface area contributed by atoms with Gasteiger partial charge in [0.2, 0.25) is 0 Å². The van der Waals surface area contributed by atoms with Gasteiger partial charge in [-0.05, 0) is 45.0 Å². The maximum Gasteiger partial charge on any atom is 0.195 e. The van der Waals surface area contributed by atoms with Gasteiger partial charge in [-0.15, -0.1) is 0 Å². The fraction of sp³-hybridized carbons (Fsp3) is 0.278. The molecule has 5 heteroatoms. The molecule has 0 radical (unpaired) electrons. The maximum atomic E-state index is 13.8. The number of ether oxygens (including phenoxy) is 1. The second-order valence-corrected chi connectivity index (χ2v) is 6.29. The summed E-state index contributed by atoms with van der Waals surface area (Å²) in [5, 5.41) is 3.36. The molecule has 3 rings (SSSR count). The molecule has 23 heavy (non-hydrogen) atoms. The van der Waals surface area contributed by atoms with Crippen LogP contribution in [0.15, 0.2) is 41.4 Å². The Bertz CT molecular complexity index is 787. The van der Waals surface area contributed by atoms with Gasteiger partial charge in [0.1, 0.15) is 11.6 Å². The zero-order valence-electron chi connectivity index (χ0n) is 13.3. The number of nitrogens with one attached hydrogen (secondary N) is 1. The molecule has 1 aliphatic rings. The van der Waals surface area contributed by atoms with E-state index in [1.54, 1.807) is 12.1 Å². The third-order valence-electron chi connectivity index (χ3n) is 3.55. The van der Waals surface area contributed by atoms with E-state index in [1.807, 2.05) is 39.0 Å². The highest BCUT2D eigenvalue weighted by atomic mass is 35.5. The highest BCUT2D eigenvalue weighted by Gasteiger charge is 2.29. The molecule has 0 spiro atoms. The van der Waals surface area contributed by atoms with Crippen molar-refractivity contribution in [3.63, 3.8) is 0 Å². The molecule has 0 aliphatic carbocycles. The molecular weight excluding hydrogens is 315 g/mol. The number of fused-ring (bicyclic) bond motifs is 1. The minimum atomic E-state index is -0.719.